The Morgan fingerprint density at radius 2 is 0.967 bits per heavy atom. The van der Waals surface area contributed by atoms with E-state index in [1.54, 1.807) is 0 Å². The first-order valence-corrected chi connectivity index (χ1v) is 18.5. The summed E-state index contributed by atoms with van der Waals surface area (Å²) in [6.07, 6.45) is 0. The first-order valence-electron chi connectivity index (χ1n) is 15.6. The number of rotatable bonds is 10. The second kappa shape index (κ2) is 21.1. The van der Waals surface area contributed by atoms with Crippen molar-refractivity contribution in [1.82, 2.24) is 19.6 Å². The molecule has 6 aromatic rings. The van der Waals surface area contributed by atoms with Gasteiger partial charge in [-0.2, -0.15) is 28.8 Å². The minimum absolute atomic E-state index is 0. The van der Waals surface area contributed by atoms with E-state index in [9.17, 15) is 57.8 Å². The molecule has 1 unspecified atom stereocenters. The van der Waals surface area contributed by atoms with E-state index < -0.39 is 53.2 Å². The quantitative estimate of drug-likeness (QED) is 0.0498. The summed E-state index contributed by atoms with van der Waals surface area (Å²) in [6.45, 7) is 2.94. The van der Waals surface area contributed by atoms with E-state index in [0.29, 0.717) is 0 Å². The molecule has 6 rings (SSSR count). The fourth-order valence-electron chi connectivity index (χ4n) is 4.70. The summed E-state index contributed by atoms with van der Waals surface area (Å²) >= 11 is 0. The molecular weight excluding hydrogens is 912 g/mol. The molecule has 1 atom stereocenters. The van der Waals surface area contributed by atoms with Gasteiger partial charge >= 0.3 is 76.2 Å². The van der Waals surface area contributed by atoms with Crippen molar-refractivity contribution in [2.24, 2.45) is 20.5 Å². The molecule has 0 spiro atoms. The van der Waals surface area contributed by atoms with Crippen LogP contribution in [0.3, 0.4) is 0 Å². The van der Waals surface area contributed by atoms with Gasteiger partial charge in [0, 0.05) is 50.9 Å². The molecule has 0 aliphatic carbocycles. The molecule has 0 aliphatic rings. The van der Waals surface area contributed by atoms with Gasteiger partial charge in [-0.25, -0.2) is 9.36 Å². The Morgan fingerprint density at radius 3 is 1.28 bits per heavy atom. The summed E-state index contributed by atoms with van der Waals surface area (Å²) in [5, 5.41) is 93.0. The summed E-state index contributed by atoms with van der Waals surface area (Å²) in [5.74, 6) is -2.61. The third-order valence-corrected chi connectivity index (χ3v) is 9.33. The Hall–Kier alpha value is -5.16. The van der Waals surface area contributed by atoms with Crippen molar-refractivity contribution in [3.8, 4) is 34.6 Å². The SMILES string of the molecule is Cc1nn(-c2ccc(S(=N)(=O)[O-])cc2)c([O-])c1N=Nc1cc([N+](=O)[O-])ccc1[O-].Cc1nn(-c2ccc(S(=O)(=O)O)cc2)c([O-])c1N=Nc1cc([N+](=O)[O-])ccc1[O-].[Fe+3].[Na+].[Na+]. The Kier molecular flexibility index (Phi) is 18.0. The average Bonchev–Trinajstić information content (AvgIpc) is 3.61. The molecule has 61 heavy (non-hydrogen) atoms. The zero-order chi connectivity index (χ0) is 42.7. The van der Waals surface area contributed by atoms with E-state index in [1.807, 2.05) is 0 Å². The molecule has 2 aromatic heterocycles. The molecule has 0 aliphatic heterocycles. The van der Waals surface area contributed by atoms with Crippen LogP contribution in [0.5, 0.6) is 23.3 Å². The molecular formula is C32H22FeN11Na2O13S2. The fourth-order valence-corrected chi connectivity index (χ4v) is 5.68. The van der Waals surface area contributed by atoms with Gasteiger partial charge in [0.25, 0.3) is 21.5 Å². The molecule has 4 aromatic carbocycles. The van der Waals surface area contributed by atoms with E-state index >= 15 is 0 Å². The van der Waals surface area contributed by atoms with E-state index in [0.717, 1.165) is 70.0 Å². The number of azo groups is 2. The smallest absolute Gasteiger partial charge is 0.871 e. The van der Waals surface area contributed by atoms with Gasteiger partial charge in [0.05, 0.1) is 48.9 Å². The molecule has 0 saturated carbocycles. The summed E-state index contributed by atoms with van der Waals surface area (Å²) in [7, 11) is -8.52. The van der Waals surface area contributed by atoms with Gasteiger partial charge in [-0.15, -0.1) is 10.2 Å². The van der Waals surface area contributed by atoms with Crippen molar-refractivity contribution in [3.05, 3.63) is 117 Å². The normalized spacial score (nSPS) is 12.0. The van der Waals surface area contributed by atoms with Gasteiger partial charge < -0.3 is 25.0 Å². The predicted octanol–water partition coefficient (Wildman–Crippen LogP) is -1.91. The first kappa shape index (κ1) is 52.0. The molecule has 29 heteroatoms. The van der Waals surface area contributed by atoms with Crippen LogP contribution in [0.4, 0.5) is 34.1 Å². The fraction of sp³-hybridized carbons (Fsp3) is 0.0625. The van der Waals surface area contributed by atoms with Crippen LogP contribution in [-0.4, -0.2) is 51.1 Å². The van der Waals surface area contributed by atoms with E-state index in [1.165, 1.54) is 38.1 Å². The van der Waals surface area contributed by atoms with Crippen molar-refractivity contribution >= 4 is 54.3 Å². The van der Waals surface area contributed by atoms with Gasteiger partial charge in [-0.1, -0.05) is 23.6 Å². The summed E-state index contributed by atoms with van der Waals surface area (Å²) < 4.78 is 62.5. The summed E-state index contributed by atoms with van der Waals surface area (Å²) in [6, 6.07) is 15.5. The number of hydrogen-bond acceptors (Lipinski definition) is 19. The minimum Gasteiger partial charge on any atom is -0.871 e. The maximum Gasteiger partial charge on any atom is 3.00 e. The molecule has 305 valence electrons. The van der Waals surface area contributed by atoms with Crippen LogP contribution in [0, 0.1) is 38.9 Å². The van der Waals surface area contributed by atoms with Crippen LogP contribution in [-0.2, 0) is 37.2 Å². The predicted molar refractivity (Wildman–Crippen MR) is 189 cm³/mol. The number of non-ortho nitro benzene ring substituents is 2. The largest absolute Gasteiger partial charge is 3.00 e. The summed E-state index contributed by atoms with van der Waals surface area (Å²) in [4.78, 5) is 19.6. The standard InChI is InChI=1S/C16H14N6O6S.C16H13N5O7S.Fe.2Na/c1-9-15(19-18-13-8-11(22(25)26)4-7-14(13)23)16(24)21(20-9)10-2-5-12(6-3-10)29(17,27)28;1-9-15(18-17-13-8-11(21(24)25)4-7-14(13)22)16(23)20(19-9)10-2-5-12(6-3-10)29(26,27)28;;;/h2-8,23-24H,1H3,(H2,17,27,28);2-8,22-23H,1H3,(H,26,27,28);;;/q;;+3;2*+1/p-5. The van der Waals surface area contributed by atoms with Gasteiger partial charge in [0.1, 0.15) is 11.4 Å². The second-order valence-electron chi connectivity index (χ2n) is 11.5. The van der Waals surface area contributed by atoms with Crippen LogP contribution < -0.4 is 79.5 Å². The molecule has 0 bridgehead atoms. The number of nitro benzene ring substituents is 2. The Labute approximate surface area is 398 Å². The van der Waals surface area contributed by atoms with Gasteiger partial charge in [-0.05, 0) is 62.4 Å². The maximum atomic E-state index is 12.6. The number of nitro groups is 2. The van der Waals surface area contributed by atoms with E-state index in [-0.39, 0.29) is 143 Å². The van der Waals surface area contributed by atoms with E-state index in [2.05, 4.69) is 30.7 Å². The number of benzene rings is 4. The van der Waals surface area contributed by atoms with Crippen molar-refractivity contribution in [1.29, 1.82) is 4.78 Å². The van der Waals surface area contributed by atoms with Gasteiger partial charge in [0.15, 0.2) is 0 Å². The van der Waals surface area contributed by atoms with Crippen LogP contribution in [0.15, 0.2) is 115 Å². The number of nitrogens with one attached hydrogen (secondary N) is 1. The van der Waals surface area contributed by atoms with Crippen molar-refractivity contribution in [2.75, 3.05) is 0 Å². The third-order valence-electron chi connectivity index (χ3n) is 7.57. The zero-order valence-corrected chi connectivity index (χ0v) is 38.3. The number of hydrogen-bond donors (Lipinski definition) is 2. The molecule has 2 heterocycles. The Bertz CT molecular complexity index is 2680. The monoisotopic (exact) mass is 934 g/mol. The average molecular weight is 935 g/mol. The molecule has 2 N–H and O–H groups in total. The van der Waals surface area contributed by atoms with Crippen LogP contribution in [0.1, 0.15) is 11.4 Å². The van der Waals surface area contributed by atoms with Crippen LogP contribution >= 0.6 is 0 Å². The molecule has 0 saturated heterocycles. The topological polar surface area (TPSA) is 382 Å². The molecule has 24 nitrogen and oxygen atoms in total. The summed E-state index contributed by atoms with van der Waals surface area (Å²) in [5.41, 5.74) is -0.949. The zero-order valence-electron chi connectivity index (χ0n) is 31.6. The second-order valence-corrected chi connectivity index (χ2v) is 14.4. The van der Waals surface area contributed by atoms with Crippen molar-refractivity contribution < 1.29 is 128 Å². The Balaban J connectivity index is 0.000000400. The van der Waals surface area contributed by atoms with Crippen molar-refractivity contribution in [3.63, 3.8) is 0 Å². The number of aromatic nitrogens is 4. The molecule has 0 amide bonds. The number of nitrogens with zero attached hydrogens (tertiary/aromatic N) is 10. The van der Waals surface area contributed by atoms with Crippen LogP contribution in [0.25, 0.3) is 11.4 Å². The Morgan fingerprint density at radius 1 is 0.623 bits per heavy atom. The number of aryl methyl sites for hydroxylation is 2. The molecule has 0 fully saturated rings. The molecule has 1 radical (unpaired) electrons. The van der Waals surface area contributed by atoms with Crippen LogP contribution in [0.2, 0.25) is 0 Å². The minimum atomic E-state index is -4.39. The first-order chi connectivity index (χ1) is 27.1. The van der Waals surface area contributed by atoms with Crippen molar-refractivity contribution in [2.45, 2.75) is 23.6 Å². The van der Waals surface area contributed by atoms with Gasteiger partial charge in [-0.3, -0.25) is 33.8 Å². The van der Waals surface area contributed by atoms with E-state index in [4.69, 9.17) is 9.33 Å². The third kappa shape index (κ3) is 12.5. The van der Waals surface area contributed by atoms with Gasteiger partial charge in [0.2, 0.25) is 0 Å². The maximum absolute atomic E-state index is 12.6.